The molecular weight excluding hydrogens is 388 g/mol. The van der Waals surface area contributed by atoms with Crippen molar-refractivity contribution in [2.75, 3.05) is 5.75 Å². The molecule has 30 heavy (non-hydrogen) atoms. The van der Waals surface area contributed by atoms with Gasteiger partial charge in [0.05, 0.1) is 5.69 Å². The summed E-state index contributed by atoms with van der Waals surface area (Å²) >= 11 is 1.67. The van der Waals surface area contributed by atoms with Crippen LogP contribution in [0.1, 0.15) is 76.0 Å². The minimum atomic E-state index is -0.0604. The molecule has 0 spiro atoms. The largest absolute Gasteiger partial charge is 0.301 e. The lowest BCUT2D eigenvalue weighted by Gasteiger charge is -2.07. The van der Waals surface area contributed by atoms with E-state index in [0.29, 0.717) is 6.42 Å². The number of hydrogen-bond acceptors (Lipinski definition) is 3. The Labute approximate surface area is 184 Å². The minimum absolute atomic E-state index is 0.0604. The molecule has 0 atom stereocenters. The first-order chi connectivity index (χ1) is 14.8. The molecule has 3 nitrogen and oxygen atoms in total. The quantitative estimate of drug-likeness (QED) is 0.181. The molecule has 0 amide bonds. The van der Waals surface area contributed by atoms with Crippen molar-refractivity contribution in [3.8, 4) is 0 Å². The number of unbranched alkanes of at least 4 members (excludes halogenated alkanes) is 8. The number of thioether (sulfide) groups is 1. The predicted octanol–water partition coefficient (Wildman–Crippen LogP) is 7.14. The van der Waals surface area contributed by atoms with Crippen LogP contribution >= 0.6 is 11.8 Å². The van der Waals surface area contributed by atoms with Crippen LogP contribution in [-0.2, 0) is 6.42 Å². The fraction of sp³-hybridized carbons (Fsp3) is 0.462. The van der Waals surface area contributed by atoms with Gasteiger partial charge in [-0.05, 0) is 22.8 Å². The zero-order valence-corrected chi connectivity index (χ0v) is 19.0. The summed E-state index contributed by atoms with van der Waals surface area (Å²) in [6.45, 7) is 2.26. The second-order valence-corrected chi connectivity index (χ2v) is 9.12. The first kappa shape index (κ1) is 22.6. The highest BCUT2D eigenvalue weighted by Gasteiger charge is 2.06. The molecule has 0 aliphatic rings. The van der Waals surface area contributed by atoms with Gasteiger partial charge in [-0.3, -0.25) is 4.79 Å². The highest BCUT2D eigenvalue weighted by atomic mass is 32.2. The van der Waals surface area contributed by atoms with E-state index in [4.69, 9.17) is 4.98 Å². The Bertz CT molecular complexity index is 961. The summed E-state index contributed by atoms with van der Waals surface area (Å²) < 4.78 is 0. The number of nitrogens with one attached hydrogen (secondary N) is 1. The van der Waals surface area contributed by atoms with Crippen molar-refractivity contribution >= 4 is 22.5 Å². The van der Waals surface area contributed by atoms with E-state index in [2.05, 4.69) is 54.4 Å². The van der Waals surface area contributed by atoms with E-state index in [-0.39, 0.29) is 5.56 Å². The number of hydrogen-bond donors (Lipinski definition) is 1. The third-order valence-electron chi connectivity index (χ3n) is 5.51. The van der Waals surface area contributed by atoms with Crippen LogP contribution < -0.4 is 5.56 Å². The van der Waals surface area contributed by atoms with Gasteiger partial charge >= 0.3 is 0 Å². The molecule has 1 aromatic heterocycles. The third-order valence-corrected chi connectivity index (χ3v) is 6.47. The van der Waals surface area contributed by atoms with Gasteiger partial charge in [0.1, 0.15) is 0 Å². The fourth-order valence-corrected chi connectivity index (χ4v) is 4.76. The summed E-state index contributed by atoms with van der Waals surface area (Å²) in [6, 6.07) is 16.3. The number of fused-ring (bicyclic) bond motifs is 1. The van der Waals surface area contributed by atoms with E-state index >= 15 is 0 Å². The molecule has 0 unspecified atom stereocenters. The van der Waals surface area contributed by atoms with Gasteiger partial charge in [-0.2, -0.15) is 0 Å². The molecule has 0 saturated carbocycles. The number of H-pyrrole nitrogens is 1. The van der Waals surface area contributed by atoms with Crippen molar-refractivity contribution in [1.29, 1.82) is 0 Å². The third kappa shape index (κ3) is 7.32. The molecule has 4 heteroatoms. The van der Waals surface area contributed by atoms with Crippen LogP contribution in [0.5, 0.6) is 0 Å². The Morgan fingerprint density at radius 3 is 2.37 bits per heavy atom. The first-order valence-corrected chi connectivity index (χ1v) is 12.4. The van der Waals surface area contributed by atoms with Crippen LogP contribution in [0.3, 0.4) is 0 Å². The van der Waals surface area contributed by atoms with Gasteiger partial charge in [-0.25, -0.2) is 4.98 Å². The van der Waals surface area contributed by atoms with Crippen molar-refractivity contribution in [2.24, 2.45) is 0 Å². The Morgan fingerprint density at radius 1 is 0.867 bits per heavy atom. The zero-order valence-electron chi connectivity index (χ0n) is 18.2. The summed E-state index contributed by atoms with van der Waals surface area (Å²) in [7, 11) is 0. The second kappa shape index (κ2) is 12.6. The molecule has 0 aliphatic carbocycles. The highest BCUT2D eigenvalue weighted by Crippen LogP contribution is 2.21. The molecular formula is C26H34N2OS. The van der Waals surface area contributed by atoms with Crippen LogP contribution in [0.2, 0.25) is 0 Å². The van der Waals surface area contributed by atoms with E-state index in [1.165, 1.54) is 74.1 Å². The maximum Gasteiger partial charge on any atom is 0.251 e. The summed E-state index contributed by atoms with van der Waals surface area (Å²) in [5.74, 6) is 1.01. The fourth-order valence-electron chi connectivity index (χ4n) is 3.87. The summed E-state index contributed by atoms with van der Waals surface area (Å²) in [5.41, 5.74) is 1.99. The minimum Gasteiger partial charge on any atom is -0.301 e. The van der Waals surface area contributed by atoms with Gasteiger partial charge < -0.3 is 4.98 Å². The van der Waals surface area contributed by atoms with E-state index < -0.39 is 0 Å². The van der Waals surface area contributed by atoms with Gasteiger partial charge in [0.2, 0.25) is 0 Å². The summed E-state index contributed by atoms with van der Waals surface area (Å²) in [4.78, 5) is 19.8. The van der Waals surface area contributed by atoms with Crippen molar-refractivity contribution in [3.05, 3.63) is 70.1 Å². The standard InChI is InChI=1S/C26H34N2OS/c1-2-3-4-5-6-7-8-9-12-18-30-26-27-23(20-25(29)28-26)19-22-16-13-15-21-14-10-11-17-24(21)22/h10-11,13-17,20H,2-9,12,18-19H2,1H3,(H,27,28,29). The summed E-state index contributed by atoms with van der Waals surface area (Å²) in [5, 5.41) is 3.20. The molecule has 3 aromatic rings. The average molecular weight is 423 g/mol. The van der Waals surface area contributed by atoms with Gasteiger partial charge in [-0.1, -0.05) is 113 Å². The molecule has 0 aliphatic heterocycles. The first-order valence-electron chi connectivity index (χ1n) is 11.5. The summed E-state index contributed by atoms with van der Waals surface area (Å²) in [6.07, 6.45) is 12.6. The van der Waals surface area contributed by atoms with E-state index in [0.717, 1.165) is 16.6 Å². The van der Waals surface area contributed by atoms with Crippen LogP contribution in [0, 0.1) is 0 Å². The monoisotopic (exact) mass is 422 g/mol. The number of aromatic amines is 1. The van der Waals surface area contributed by atoms with Crippen LogP contribution in [0.15, 0.2) is 58.5 Å². The van der Waals surface area contributed by atoms with Crippen molar-refractivity contribution in [2.45, 2.75) is 76.3 Å². The highest BCUT2D eigenvalue weighted by molar-refractivity contribution is 7.99. The maximum atomic E-state index is 12.1. The molecule has 160 valence electrons. The SMILES string of the molecule is CCCCCCCCCCCSc1nc(Cc2cccc3ccccc23)cc(=O)[nH]1. The van der Waals surface area contributed by atoms with Gasteiger partial charge in [0.25, 0.3) is 5.56 Å². The van der Waals surface area contributed by atoms with Crippen molar-refractivity contribution in [1.82, 2.24) is 9.97 Å². The second-order valence-electron chi connectivity index (χ2n) is 8.03. The number of nitrogens with zero attached hydrogens (tertiary/aromatic N) is 1. The van der Waals surface area contributed by atoms with Crippen molar-refractivity contribution in [3.63, 3.8) is 0 Å². The number of benzene rings is 2. The zero-order chi connectivity index (χ0) is 21.0. The smallest absolute Gasteiger partial charge is 0.251 e. The lowest BCUT2D eigenvalue weighted by Crippen LogP contribution is -2.10. The lowest BCUT2D eigenvalue weighted by atomic mass is 10.0. The molecule has 1 N–H and O–H groups in total. The molecule has 0 bridgehead atoms. The molecule has 3 rings (SSSR count). The van der Waals surface area contributed by atoms with Crippen LogP contribution in [0.25, 0.3) is 10.8 Å². The van der Waals surface area contributed by atoms with E-state index in [1.54, 1.807) is 17.8 Å². The number of rotatable bonds is 13. The van der Waals surface area contributed by atoms with Crippen LogP contribution in [0.4, 0.5) is 0 Å². The van der Waals surface area contributed by atoms with Gasteiger partial charge in [0, 0.05) is 18.2 Å². The molecule has 2 aromatic carbocycles. The van der Waals surface area contributed by atoms with Gasteiger partial charge in [-0.15, -0.1) is 0 Å². The van der Waals surface area contributed by atoms with Gasteiger partial charge in [0.15, 0.2) is 5.16 Å². The van der Waals surface area contributed by atoms with E-state index in [9.17, 15) is 4.79 Å². The molecule has 1 heterocycles. The topological polar surface area (TPSA) is 45.8 Å². The van der Waals surface area contributed by atoms with E-state index in [1.807, 2.05) is 0 Å². The Hall–Kier alpha value is -2.07. The Balaban J connectivity index is 1.47. The molecule has 0 fully saturated rings. The lowest BCUT2D eigenvalue weighted by molar-refractivity contribution is 0.573. The Morgan fingerprint density at radius 2 is 1.57 bits per heavy atom. The normalized spacial score (nSPS) is 11.2. The predicted molar refractivity (Wildman–Crippen MR) is 130 cm³/mol. The molecule has 0 radical (unpaired) electrons. The molecule has 0 saturated heterocycles. The van der Waals surface area contributed by atoms with Crippen LogP contribution in [-0.4, -0.2) is 15.7 Å². The maximum absolute atomic E-state index is 12.1. The average Bonchev–Trinajstić information content (AvgIpc) is 2.75. The number of aromatic nitrogens is 2. The Kier molecular flexibility index (Phi) is 9.49. The van der Waals surface area contributed by atoms with Crippen molar-refractivity contribution < 1.29 is 0 Å².